The number of thioether (sulfide) groups is 1. The summed E-state index contributed by atoms with van der Waals surface area (Å²) in [6, 6.07) is 7.45. The molecule has 0 unspecified atom stereocenters. The maximum atomic E-state index is 12.5. The van der Waals surface area contributed by atoms with Crippen LogP contribution in [0.15, 0.2) is 41.6 Å². The third-order valence-electron chi connectivity index (χ3n) is 3.32. The van der Waals surface area contributed by atoms with Crippen molar-refractivity contribution in [3.05, 3.63) is 47.7 Å². The van der Waals surface area contributed by atoms with E-state index in [1.54, 1.807) is 18.2 Å². The van der Waals surface area contributed by atoms with Gasteiger partial charge in [0.1, 0.15) is 11.5 Å². The van der Waals surface area contributed by atoms with Gasteiger partial charge in [0, 0.05) is 18.8 Å². The van der Waals surface area contributed by atoms with Gasteiger partial charge in [-0.2, -0.15) is 13.2 Å². The second-order valence-corrected chi connectivity index (χ2v) is 6.16. The zero-order valence-electron chi connectivity index (χ0n) is 14.1. The van der Waals surface area contributed by atoms with E-state index in [1.807, 2.05) is 0 Å². The van der Waals surface area contributed by atoms with Crippen LogP contribution in [0, 0.1) is 0 Å². The minimum atomic E-state index is -4.43. The van der Waals surface area contributed by atoms with E-state index >= 15 is 0 Å². The molecule has 0 spiro atoms. The van der Waals surface area contributed by atoms with Crippen molar-refractivity contribution >= 4 is 17.7 Å². The molecule has 26 heavy (non-hydrogen) atoms. The Bertz CT molecular complexity index is 730. The van der Waals surface area contributed by atoms with E-state index in [2.05, 4.69) is 10.3 Å². The third-order valence-corrected chi connectivity index (χ3v) is 4.26. The van der Waals surface area contributed by atoms with Crippen LogP contribution in [0.4, 0.5) is 13.2 Å². The number of nitrogens with one attached hydrogen (secondary N) is 1. The molecule has 1 N–H and O–H groups in total. The monoisotopic (exact) mass is 386 g/mol. The first kappa shape index (κ1) is 19.9. The first-order valence-corrected chi connectivity index (χ1v) is 8.45. The molecule has 140 valence electrons. The molecule has 0 bridgehead atoms. The molecule has 2 aromatic rings. The summed E-state index contributed by atoms with van der Waals surface area (Å²) in [6.45, 7) is 0.271. The zero-order chi connectivity index (χ0) is 19.2. The van der Waals surface area contributed by atoms with Crippen molar-refractivity contribution in [3.63, 3.8) is 0 Å². The maximum Gasteiger partial charge on any atom is 0.417 e. The lowest BCUT2D eigenvalue weighted by Crippen LogP contribution is -2.24. The minimum Gasteiger partial charge on any atom is -0.497 e. The minimum absolute atomic E-state index is 0.0411. The van der Waals surface area contributed by atoms with Gasteiger partial charge in [-0.3, -0.25) is 4.79 Å². The number of nitrogens with zero attached hydrogens (tertiary/aromatic N) is 1. The van der Waals surface area contributed by atoms with Crippen molar-refractivity contribution in [2.75, 3.05) is 20.0 Å². The van der Waals surface area contributed by atoms with Crippen molar-refractivity contribution in [2.45, 2.75) is 17.7 Å². The Morgan fingerprint density at radius 2 is 1.81 bits per heavy atom. The average Bonchev–Trinajstić information content (AvgIpc) is 2.63. The summed E-state index contributed by atoms with van der Waals surface area (Å²) in [7, 11) is 3.07. The topological polar surface area (TPSA) is 60.5 Å². The number of hydrogen-bond acceptors (Lipinski definition) is 5. The summed E-state index contributed by atoms with van der Waals surface area (Å²) >= 11 is 1.06. The van der Waals surface area contributed by atoms with Crippen LogP contribution < -0.4 is 14.8 Å². The van der Waals surface area contributed by atoms with Crippen LogP contribution in [0.2, 0.25) is 0 Å². The number of methoxy groups -OCH3 is 2. The van der Waals surface area contributed by atoms with Crippen molar-refractivity contribution < 1.29 is 27.4 Å². The number of carbonyl (C=O) groups is 1. The van der Waals surface area contributed by atoms with E-state index in [1.165, 1.54) is 20.3 Å². The largest absolute Gasteiger partial charge is 0.497 e. The Morgan fingerprint density at radius 1 is 1.15 bits per heavy atom. The molecule has 9 heteroatoms. The van der Waals surface area contributed by atoms with E-state index in [-0.39, 0.29) is 18.2 Å². The van der Waals surface area contributed by atoms with Crippen LogP contribution in [0.5, 0.6) is 11.5 Å². The Morgan fingerprint density at radius 3 is 2.31 bits per heavy atom. The lowest BCUT2D eigenvalue weighted by atomic mass is 10.2. The molecule has 0 radical (unpaired) electrons. The summed E-state index contributed by atoms with van der Waals surface area (Å²) in [5, 5.41) is 3.07. The molecule has 1 aromatic carbocycles. The van der Waals surface area contributed by atoms with Gasteiger partial charge in [0.25, 0.3) is 0 Å². The predicted octanol–water partition coefficient (Wildman–Crippen LogP) is 3.53. The van der Waals surface area contributed by atoms with Crippen molar-refractivity contribution in [3.8, 4) is 11.5 Å². The number of aromatic nitrogens is 1. The first-order valence-electron chi connectivity index (χ1n) is 7.46. The number of hydrogen-bond donors (Lipinski definition) is 1. The van der Waals surface area contributed by atoms with Crippen molar-refractivity contribution in [1.82, 2.24) is 10.3 Å². The summed E-state index contributed by atoms with van der Waals surface area (Å²) in [5.41, 5.74) is -0.0227. The van der Waals surface area contributed by atoms with Crippen LogP contribution in [0.1, 0.15) is 11.1 Å². The lowest BCUT2D eigenvalue weighted by molar-refractivity contribution is -0.137. The predicted molar refractivity (Wildman–Crippen MR) is 91.4 cm³/mol. The third kappa shape index (κ3) is 5.83. The van der Waals surface area contributed by atoms with Crippen LogP contribution in [0.25, 0.3) is 0 Å². The van der Waals surface area contributed by atoms with E-state index in [9.17, 15) is 18.0 Å². The molecule has 0 aliphatic carbocycles. The fourth-order valence-corrected chi connectivity index (χ4v) is 2.67. The van der Waals surface area contributed by atoms with Gasteiger partial charge in [-0.05, 0) is 29.8 Å². The molecule has 1 heterocycles. The molecular weight excluding hydrogens is 369 g/mol. The lowest BCUT2D eigenvalue weighted by Gasteiger charge is -2.10. The highest BCUT2D eigenvalue weighted by molar-refractivity contribution is 7.99. The molecule has 1 aromatic heterocycles. The van der Waals surface area contributed by atoms with E-state index in [0.717, 1.165) is 29.6 Å². The molecule has 0 fully saturated rings. The normalized spacial score (nSPS) is 11.1. The van der Waals surface area contributed by atoms with Crippen LogP contribution >= 0.6 is 11.8 Å². The van der Waals surface area contributed by atoms with Gasteiger partial charge in [-0.1, -0.05) is 11.8 Å². The molecule has 0 saturated carbocycles. The number of benzene rings is 1. The SMILES string of the molecule is COc1cc(CNC(=O)CSc2ccc(C(F)(F)F)cn2)cc(OC)c1. The number of alkyl halides is 3. The Kier molecular flexibility index (Phi) is 6.73. The van der Waals surface area contributed by atoms with Gasteiger partial charge in [-0.25, -0.2) is 4.98 Å². The molecule has 0 aliphatic heterocycles. The van der Waals surface area contributed by atoms with Gasteiger partial charge in [-0.15, -0.1) is 0 Å². The highest BCUT2D eigenvalue weighted by atomic mass is 32.2. The fourth-order valence-electron chi connectivity index (χ4n) is 1.99. The van der Waals surface area contributed by atoms with Gasteiger partial charge < -0.3 is 14.8 Å². The highest BCUT2D eigenvalue weighted by Crippen LogP contribution is 2.29. The second-order valence-electron chi connectivity index (χ2n) is 5.17. The molecule has 1 amide bonds. The van der Waals surface area contributed by atoms with Gasteiger partial charge >= 0.3 is 6.18 Å². The Hall–Kier alpha value is -2.42. The Labute approximate surface area is 152 Å². The standard InChI is InChI=1S/C17H17F3N2O3S/c1-24-13-5-11(6-14(7-13)25-2)8-21-15(23)10-26-16-4-3-12(9-22-16)17(18,19)20/h3-7,9H,8,10H2,1-2H3,(H,21,23). The molecular formula is C17H17F3N2O3S. The number of pyridine rings is 1. The number of rotatable bonds is 7. The van der Waals surface area contributed by atoms with Crippen LogP contribution in [0.3, 0.4) is 0 Å². The van der Waals surface area contributed by atoms with Crippen LogP contribution in [-0.4, -0.2) is 30.9 Å². The summed E-state index contributed by atoms with van der Waals surface area (Å²) in [5.74, 6) is 0.992. The zero-order valence-corrected chi connectivity index (χ0v) is 14.9. The van der Waals surface area contributed by atoms with Gasteiger partial charge in [0.05, 0.1) is 30.6 Å². The molecule has 0 atom stereocenters. The average molecular weight is 386 g/mol. The van der Waals surface area contributed by atoms with Crippen molar-refractivity contribution in [1.29, 1.82) is 0 Å². The van der Waals surface area contributed by atoms with E-state index in [4.69, 9.17) is 9.47 Å². The number of ether oxygens (including phenoxy) is 2. The second kappa shape index (κ2) is 8.79. The summed E-state index contributed by atoms with van der Waals surface area (Å²) < 4.78 is 47.7. The number of amides is 1. The fraction of sp³-hybridized carbons (Fsp3) is 0.294. The van der Waals surface area contributed by atoms with E-state index < -0.39 is 11.7 Å². The first-order chi connectivity index (χ1) is 12.3. The molecule has 2 rings (SSSR count). The molecule has 0 aliphatic rings. The molecule has 0 saturated heterocycles. The van der Waals surface area contributed by atoms with Crippen LogP contribution in [-0.2, 0) is 17.5 Å². The maximum absolute atomic E-state index is 12.5. The van der Waals surface area contributed by atoms with Gasteiger partial charge in [0.15, 0.2) is 0 Å². The van der Waals surface area contributed by atoms with Gasteiger partial charge in [0.2, 0.25) is 5.91 Å². The smallest absolute Gasteiger partial charge is 0.417 e. The summed E-state index contributed by atoms with van der Waals surface area (Å²) in [4.78, 5) is 15.6. The number of carbonyl (C=O) groups excluding carboxylic acids is 1. The van der Waals surface area contributed by atoms with E-state index in [0.29, 0.717) is 16.5 Å². The number of halogens is 3. The Balaban J connectivity index is 1.86. The highest BCUT2D eigenvalue weighted by Gasteiger charge is 2.30. The van der Waals surface area contributed by atoms with Crippen molar-refractivity contribution in [2.24, 2.45) is 0 Å². The summed E-state index contributed by atoms with van der Waals surface area (Å²) in [6.07, 6.45) is -3.67. The quantitative estimate of drug-likeness (QED) is 0.738. The molecule has 5 nitrogen and oxygen atoms in total.